The number of hydrogen-bond donors (Lipinski definition) is 0. The molecule has 1 aromatic heterocycles. The van der Waals surface area contributed by atoms with Gasteiger partial charge in [0.05, 0.1) is 18.4 Å². The molecule has 1 aliphatic rings. The van der Waals surface area contributed by atoms with Gasteiger partial charge in [0.2, 0.25) is 0 Å². The molecule has 3 rings (SSSR count). The Hall–Kier alpha value is -1.19. The van der Waals surface area contributed by atoms with Gasteiger partial charge in [-0.1, -0.05) is 30.3 Å². The van der Waals surface area contributed by atoms with Crippen LogP contribution < -0.4 is 0 Å². The first-order valence-electron chi connectivity index (χ1n) is 8.00. The van der Waals surface area contributed by atoms with Crippen LogP contribution in [-0.2, 0) is 11.3 Å². The first-order valence-corrected chi connectivity index (χ1v) is 8.79. The van der Waals surface area contributed by atoms with Crippen LogP contribution in [0.25, 0.3) is 0 Å². The second kappa shape index (κ2) is 7.38. The fourth-order valence-corrected chi connectivity index (χ4v) is 3.73. The molecular formula is C19H22BrNO. The van der Waals surface area contributed by atoms with E-state index in [4.69, 9.17) is 4.74 Å². The number of aromatic nitrogens is 1. The molecule has 0 N–H and O–H groups in total. The summed E-state index contributed by atoms with van der Waals surface area (Å²) in [4.78, 5) is 4.45. The summed E-state index contributed by atoms with van der Waals surface area (Å²) in [6.45, 7) is 2.65. The molecule has 2 nitrogen and oxygen atoms in total. The van der Waals surface area contributed by atoms with E-state index in [0.29, 0.717) is 18.6 Å². The van der Waals surface area contributed by atoms with E-state index in [-0.39, 0.29) is 0 Å². The summed E-state index contributed by atoms with van der Waals surface area (Å²) in [6.07, 6.45) is 6.99. The number of pyridine rings is 1. The minimum atomic E-state index is 0.370. The van der Waals surface area contributed by atoms with Crippen molar-refractivity contribution in [2.24, 2.45) is 0 Å². The number of nitrogens with zero attached hydrogens (tertiary/aromatic N) is 1. The van der Waals surface area contributed by atoms with Crippen LogP contribution in [0, 0.1) is 6.92 Å². The smallest absolute Gasteiger partial charge is 0.0903 e. The molecule has 3 heteroatoms. The van der Waals surface area contributed by atoms with Gasteiger partial charge >= 0.3 is 0 Å². The second-order valence-corrected chi connectivity index (χ2v) is 6.99. The standard InChI is InChI=1S/C19H22BrNO/c1-14-11-18(20)19(21-12-14)13-22-17-9-7-16(8-10-17)15-5-3-2-4-6-15/h2-6,11-12,16-17H,7-10,13H2,1H3/t16-,17+. The van der Waals surface area contributed by atoms with Crippen LogP contribution in [0.4, 0.5) is 0 Å². The maximum absolute atomic E-state index is 6.08. The van der Waals surface area contributed by atoms with E-state index >= 15 is 0 Å². The molecule has 2 aromatic rings. The van der Waals surface area contributed by atoms with Crippen molar-refractivity contribution in [2.75, 3.05) is 0 Å². The molecule has 22 heavy (non-hydrogen) atoms. The quantitative estimate of drug-likeness (QED) is 0.729. The Morgan fingerprint density at radius 2 is 1.86 bits per heavy atom. The Morgan fingerprint density at radius 1 is 1.14 bits per heavy atom. The highest BCUT2D eigenvalue weighted by atomic mass is 79.9. The molecule has 1 aliphatic carbocycles. The lowest BCUT2D eigenvalue weighted by atomic mass is 9.83. The van der Waals surface area contributed by atoms with E-state index < -0.39 is 0 Å². The summed E-state index contributed by atoms with van der Waals surface area (Å²) >= 11 is 3.57. The van der Waals surface area contributed by atoms with Gasteiger partial charge in [0.15, 0.2) is 0 Å². The molecule has 0 saturated heterocycles. The highest BCUT2D eigenvalue weighted by molar-refractivity contribution is 9.10. The zero-order chi connectivity index (χ0) is 15.4. The van der Waals surface area contributed by atoms with E-state index in [1.54, 1.807) is 0 Å². The van der Waals surface area contributed by atoms with Crippen LogP contribution in [-0.4, -0.2) is 11.1 Å². The zero-order valence-corrected chi connectivity index (χ0v) is 14.6. The van der Waals surface area contributed by atoms with Crippen molar-refractivity contribution >= 4 is 15.9 Å². The van der Waals surface area contributed by atoms with Crippen molar-refractivity contribution in [1.29, 1.82) is 0 Å². The summed E-state index contributed by atoms with van der Waals surface area (Å²) in [7, 11) is 0. The van der Waals surface area contributed by atoms with Crippen LogP contribution in [0.15, 0.2) is 47.1 Å². The van der Waals surface area contributed by atoms with Crippen LogP contribution in [0.2, 0.25) is 0 Å². The number of aryl methyl sites for hydroxylation is 1. The third-order valence-electron chi connectivity index (χ3n) is 4.46. The minimum Gasteiger partial charge on any atom is -0.372 e. The van der Waals surface area contributed by atoms with Crippen molar-refractivity contribution in [3.63, 3.8) is 0 Å². The normalized spacial score (nSPS) is 21.7. The van der Waals surface area contributed by atoms with Crippen LogP contribution >= 0.6 is 15.9 Å². The lowest BCUT2D eigenvalue weighted by Gasteiger charge is -2.28. The number of ether oxygens (including phenoxy) is 1. The Morgan fingerprint density at radius 3 is 2.55 bits per heavy atom. The van der Waals surface area contributed by atoms with Crippen molar-refractivity contribution in [3.05, 3.63) is 63.9 Å². The molecule has 0 spiro atoms. The van der Waals surface area contributed by atoms with Crippen LogP contribution in [0.1, 0.15) is 48.4 Å². The Balaban J connectivity index is 1.50. The van der Waals surface area contributed by atoms with Crippen molar-refractivity contribution in [2.45, 2.75) is 51.2 Å². The van der Waals surface area contributed by atoms with Gasteiger partial charge in [0.1, 0.15) is 0 Å². The van der Waals surface area contributed by atoms with E-state index in [0.717, 1.165) is 23.0 Å². The molecule has 1 aromatic carbocycles. The van der Waals surface area contributed by atoms with E-state index in [9.17, 15) is 0 Å². The summed E-state index contributed by atoms with van der Waals surface area (Å²) < 4.78 is 7.13. The Labute approximate surface area is 141 Å². The van der Waals surface area contributed by atoms with Gasteiger partial charge in [-0.05, 0) is 71.6 Å². The minimum absolute atomic E-state index is 0.370. The largest absolute Gasteiger partial charge is 0.372 e. The van der Waals surface area contributed by atoms with Gasteiger partial charge in [0, 0.05) is 10.7 Å². The van der Waals surface area contributed by atoms with Crippen LogP contribution in [0.3, 0.4) is 0 Å². The molecule has 0 radical (unpaired) electrons. The summed E-state index contributed by atoms with van der Waals surface area (Å²) in [5, 5.41) is 0. The topological polar surface area (TPSA) is 22.1 Å². The number of benzene rings is 1. The highest BCUT2D eigenvalue weighted by Crippen LogP contribution is 2.34. The highest BCUT2D eigenvalue weighted by Gasteiger charge is 2.22. The van der Waals surface area contributed by atoms with E-state index in [2.05, 4.69) is 57.3 Å². The number of rotatable bonds is 4. The fourth-order valence-electron chi connectivity index (χ4n) is 3.15. The third-order valence-corrected chi connectivity index (χ3v) is 5.14. The van der Waals surface area contributed by atoms with E-state index in [1.807, 2.05) is 13.1 Å². The molecule has 0 bridgehead atoms. The number of hydrogen-bond acceptors (Lipinski definition) is 2. The van der Waals surface area contributed by atoms with Gasteiger partial charge < -0.3 is 4.74 Å². The maximum Gasteiger partial charge on any atom is 0.0903 e. The molecule has 1 fully saturated rings. The summed E-state index contributed by atoms with van der Waals surface area (Å²) in [6, 6.07) is 13.0. The first kappa shape index (κ1) is 15.7. The fraction of sp³-hybridized carbons (Fsp3) is 0.421. The maximum atomic E-state index is 6.08. The predicted molar refractivity (Wildman–Crippen MR) is 92.9 cm³/mol. The zero-order valence-electron chi connectivity index (χ0n) is 13.0. The molecular weight excluding hydrogens is 338 g/mol. The van der Waals surface area contributed by atoms with Gasteiger partial charge in [-0.3, -0.25) is 4.98 Å². The first-order chi connectivity index (χ1) is 10.7. The third kappa shape index (κ3) is 3.96. The Bertz CT molecular complexity index is 606. The second-order valence-electron chi connectivity index (χ2n) is 6.14. The monoisotopic (exact) mass is 359 g/mol. The lowest BCUT2D eigenvalue weighted by Crippen LogP contribution is -2.21. The van der Waals surface area contributed by atoms with Crippen LogP contribution in [0.5, 0.6) is 0 Å². The number of halogens is 1. The van der Waals surface area contributed by atoms with Crippen molar-refractivity contribution in [3.8, 4) is 0 Å². The summed E-state index contributed by atoms with van der Waals surface area (Å²) in [5.41, 5.74) is 3.64. The molecule has 0 atom stereocenters. The van der Waals surface area contributed by atoms with Gasteiger partial charge in [-0.2, -0.15) is 0 Å². The average molecular weight is 360 g/mol. The van der Waals surface area contributed by atoms with Crippen molar-refractivity contribution < 1.29 is 4.74 Å². The predicted octanol–water partition coefficient (Wildman–Crippen LogP) is 5.40. The molecule has 1 heterocycles. The Kier molecular flexibility index (Phi) is 5.27. The SMILES string of the molecule is Cc1cnc(CO[C@H]2CC[C@@H](c3ccccc3)CC2)c(Br)c1. The average Bonchev–Trinajstić information content (AvgIpc) is 2.55. The lowest BCUT2D eigenvalue weighted by molar-refractivity contribution is 0.0115. The molecule has 116 valence electrons. The van der Waals surface area contributed by atoms with E-state index in [1.165, 1.54) is 24.0 Å². The molecule has 0 amide bonds. The van der Waals surface area contributed by atoms with Gasteiger partial charge in [-0.25, -0.2) is 0 Å². The van der Waals surface area contributed by atoms with Gasteiger partial charge in [-0.15, -0.1) is 0 Å². The van der Waals surface area contributed by atoms with Crippen molar-refractivity contribution in [1.82, 2.24) is 4.98 Å². The summed E-state index contributed by atoms with van der Waals surface area (Å²) in [5.74, 6) is 0.699. The molecule has 1 saturated carbocycles. The van der Waals surface area contributed by atoms with Gasteiger partial charge in [0.25, 0.3) is 0 Å². The molecule has 0 aliphatic heterocycles. The molecule has 0 unspecified atom stereocenters.